The van der Waals surface area contributed by atoms with Gasteiger partial charge in [-0.05, 0) is 44.7 Å². The van der Waals surface area contributed by atoms with Gasteiger partial charge in [0.15, 0.2) is 0 Å². The quantitative estimate of drug-likeness (QED) is 0.866. The second kappa shape index (κ2) is 5.48. The molecule has 2 rings (SSSR count). The second-order valence-electron chi connectivity index (χ2n) is 5.19. The molecule has 108 valence electrons. The first kappa shape index (κ1) is 14.3. The van der Waals surface area contributed by atoms with Crippen molar-refractivity contribution in [2.24, 2.45) is 5.73 Å². The van der Waals surface area contributed by atoms with Gasteiger partial charge in [-0.3, -0.25) is 4.79 Å². The lowest BCUT2D eigenvalue weighted by Gasteiger charge is -2.35. The lowest BCUT2D eigenvalue weighted by molar-refractivity contribution is -0.119. The Bertz CT molecular complexity index is 557. The van der Waals surface area contributed by atoms with E-state index in [1.165, 1.54) is 0 Å². The van der Waals surface area contributed by atoms with Crippen LogP contribution in [0, 0.1) is 13.8 Å². The number of carbonyl (C=O) groups excluding carboxylic acids is 1. The third-order valence-electron chi connectivity index (χ3n) is 3.64. The van der Waals surface area contributed by atoms with Gasteiger partial charge in [-0.15, -0.1) is 0 Å². The van der Waals surface area contributed by atoms with Gasteiger partial charge in [0, 0.05) is 12.2 Å². The number of aryl methyl sites for hydroxylation is 2. The average molecular weight is 277 g/mol. The summed E-state index contributed by atoms with van der Waals surface area (Å²) < 4.78 is 0. The summed E-state index contributed by atoms with van der Waals surface area (Å²) in [5.41, 5.74) is 6.98. The molecular weight excluding hydrogens is 258 g/mol. The Kier molecular flexibility index (Phi) is 3.92. The molecule has 0 aliphatic carbocycles. The van der Waals surface area contributed by atoms with Crippen LogP contribution in [0.4, 0.5) is 5.82 Å². The Balaban J connectivity index is 2.54. The lowest BCUT2D eigenvalue weighted by atomic mass is 9.99. The topological polar surface area (TPSA) is 96.5 Å². The van der Waals surface area contributed by atoms with Crippen molar-refractivity contribution in [3.63, 3.8) is 0 Å². The molecule has 1 aromatic heterocycles. The maximum absolute atomic E-state index is 11.6. The van der Waals surface area contributed by atoms with Crippen LogP contribution in [0.2, 0.25) is 0 Å². The number of pyridine rings is 1. The minimum absolute atomic E-state index is 0.156. The Morgan fingerprint density at radius 1 is 1.40 bits per heavy atom. The number of carboxylic acids is 1. The molecule has 3 N–H and O–H groups in total. The number of aromatic nitrogens is 1. The summed E-state index contributed by atoms with van der Waals surface area (Å²) in [6.45, 7) is 4.15. The summed E-state index contributed by atoms with van der Waals surface area (Å²) in [5, 5.41) is 9.41. The van der Waals surface area contributed by atoms with Crippen LogP contribution in [-0.2, 0) is 4.79 Å². The predicted octanol–water partition coefficient (Wildman–Crippen LogP) is 1.24. The number of carbonyl (C=O) groups is 2. The number of amides is 1. The van der Waals surface area contributed by atoms with Gasteiger partial charge < -0.3 is 15.7 Å². The average Bonchev–Trinajstić information content (AvgIpc) is 2.37. The van der Waals surface area contributed by atoms with E-state index in [2.05, 4.69) is 4.98 Å². The molecule has 1 aliphatic heterocycles. The van der Waals surface area contributed by atoms with Crippen molar-refractivity contribution in [2.45, 2.75) is 39.2 Å². The molecule has 2 heterocycles. The van der Waals surface area contributed by atoms with Crippen molar-refractivity contribution in [1.82, 2.24) is 4.98 Å². The molecule has 6 heteroatoms. The van der Waals surface area contributed by atoms with E-state index < -0.39 is 17.9 Å². The SMILES string of the molecule is Cc1cc(C)c(C(=O)O)c(N2CCCCC2C(N)=O)n1. The van der Waals surface area contributed by atoms with Crippen LogP contribution < -0.4 is 10.6 Å². The van der Waals surface area contributed by atoms with Gasteiger partial charge in [-0.2, -0.15) is 0 Å². The zero-order valence-corrected chi connectivity index (χ0v) is 11.7. The zero-order valence-electron chi connectivity index (χ0n) is 11.7. The highest BCUT2D eigenvalue weighted by Crippen LogP contribution is 2.28. The summed E-state index contributed by atoms with van der Waals surface area (Å²) in [4.78, 5) is 29.2. The highest BCUT2D eigenvalue weighted by atomic mass is 16.4. The number of hydrogen-bond acceptors (Lipinski definition) is 4. The molecule has 1 atom stereocenters. The van der Waals surface area contributed by atoms with E-state index in [-0.39, 0.29) is 5.56 Å². The van der Waals surface area contributed by atoms with E-state index in [1.807, 2.05) is 6.92 Å². The Labute approximate surface area is 117 Å². The molecule has 0 spiro atoms. The fourth-order valence-electron chi connectivity index (χ4n) is 2.77. The van der Waals surface area contributed by atoms with E-state index in [9.17, 15) is 14.7 Å². The Hall–Kier alpha value is -2.11. The number of primary amides is 1. The van der Waals surface area contributed by atoms with Gasteiger partial charge in [-0.25, -0.2) is 9.78 Å². The van der Waals surface area contributed by atoms with Gasteiger partial charge in [0.2, 0.25) is 5.91 Å². The molecule has 20 heavy (non-hydrogen) atoms. The highest BCUT2D eigenvalue weighted by Gasteiger charge is 2.31. The molecule has 0 saturated carbocycles. The van der Waals surface area contributed by atoms with Crippen LogP contribution in [0.5, 0.6) is 0 Å². The number of hydrogen-bond donors (Lipinski definition) is 2. The number of nitrogens with zero attached hydrogens (tertiary/aromatic N) is 2. The third kappa shape index (κ3) is 2.59. The van der Waals surface area contributed by atoms with Crippen molar-refractivity contribution in [3.05, 3.63) is 22.9 Å². The van der Waals surface area contributed by atoms with Crippen LogP contribution in [0.25, 0.3) is 0 Å². The normalized spacial score (nSPS) is 18.9. The van der Waals surface area contributed by atoms with Gasteiger partial charge in [-0.1, -0.05) is 0 Å². The maximum atomic E-state index is 11.6. The number of anilines is 1. The summed E-state index contributed by atoms with van der Waals surface area (Å²) >= 11 is 0. The summed E-state index contributed by atoms with van der Waals surface area (Å²) in [6, 6.07) is 1.26. The number of aromatic carboxylic acids is 1. The molecule has 0 bridgehead atoms. The van der Waals surface area contributed by atoms with Crippen LogP contribution in [0.15, 0.2) is 6.07 Å². The third-order valence-corrected chi connectivity index (χ3v) is 3.64. The van der Waals surface area contributed by atoms with Crippen LogP contribution in [0.3, 0.4) is 0 Å². The largest absolute Gasteiger partial charge is 0.478 e. The standard InChI is InChI=1S/C14H19N3O3/c1-8-7-9(2)16-13(11(8)14(19)20)17-6-4-3-5-10(17)12(15)18/h7,10H,3-6H2,1-2H3,(H2,15,18)(H,19,20). The smallest absolute Gasteiger partial charge is 0.339 e. The Morgan fingerprint density at radius 3 is 2.70 bits per heavy atom. The molecule has 1 aromatic rings. The molecule has 0 aromatic carbocycles. The number of carboxylic acid groups (broad SMARTS) is 1. The van der Waals surface area contributed by atoms with Crippen LogP contribution >= 0.6 is 0 Å². The molecule has 1 fully saturated rings. The van der Waals surface area contributed by atoms with Crippen LogP contribution in [0.1, 0.15) is 40.9 Å². The predicted molar refractivity (Wildman–Crippen MR) is 74.8 cm³/mol. The lowest BCUT2D eigenvalue weighted by Crippen LogP contribution is -2.48. The number of nitrogens with two attached hydrogens (primary N) is 1. The van der Waals surface area contributed by atoms with E-state index in [0.717, 1.165) is 18.5 Å². The molecule has 1 unspecified atom stereocenters. The highest BCUT2D eigenvalue weighted by molar-refractivity contribution is 5.96. The van der Waals surface area contributed by atoms with E-state index in [0.29, 0.717) is 24.3 Å². The Morgan fingerprint density at radius 2 is 2.10 bits per heavy atom. The van der Waals surface area contributed by atoms with Crippen LogP contribution in [-0.4, -0.2) is 34.6 Å². The second-order valence-corrected chi connectivity index (χ2v) is 5.19. The molecule has 1 aliphatic rings. The molecule has 0 radical (unpaired) electrons. The first-order valence-electron chi connectivity index (χ1n) is 6.69. The zero-order chi connectivity index (χ0) is 14.9. The van der Waals surface area contributed by atoms with Crippen molar-refractivity contribution in [1.29, 1.82) is 0 Å². The monoisotopic (exact) mass is 277 g/mol. The van der Waals surface area contributed by atoms with Crippen molar-refractivity contribution in [3.8, 4) is 0 Å². The summed E-state index contributed by atoms with van der Waals surface area (Å²) in [7, 11) is 0. The van der Waals surface area contributed by atoms with E-state index >= 15 is 0 Å². The van der Waals surface area contributed by atoms with Crippen molar-refractivity contribution < 1.29 is 14.7 Å². The fraction of sp³-hybridized carbons (Fsp3) is 0.500. The molecule has 1 amide bonds. The molecule has 1 saturated heterocycles. The van der Waals surface area contributed by atoms with Gasteiger partial charge in [0.25, 0.3) is 0 Å². The van der Waals surface area contributed by atoms with Crippen molar-refractivity contribution >= 4 is 17.7 Å². The first-order chi connectivity index (χ1) is 9.41. The fourth-order valence-corrected chi connectivity index (χ4v) is 2.77. The summed E-state index contributed by atoms with van der Waals surface area (Å²) in [6.07, 6.45) is 2.46. The van der Waals surface area contributed by atoms with E-state index in [4.69, 9.17) is 5.73 Å². The summed E-state index contributed by atoms with van der Waals surface area (Å²) in [5.74, 6) is -1.10. The van der Waals surface area contributed by atoms with Gasteiger partial charge in [0.1, 0.15) is 17.4 Å². The molecular formula is C14H19N3O3. The molecule has 6 nitrogen and oxygen atoms in total. The van der Waals surface area contributed by atoms with Gasteiger partial charge >= 0.3 is 5.97 Å². The van der Waals surface area contributed by atoms with E-state index in [1.54, 1.807) is 17.9 Å². The maximum Gasteiger partial charge on any atom is 0.339 e. The minimum atomic E-state index is -1.03. The van der Waals surface area contributed by atoms with Gasteiger partial charge in [0.05, 0.1) is 0 Å². The first-order valence-corrected chi connectivity index (χ1v) is 6.69. The number of piperidine rings is 1. The van der Waals surface area contributed by atoms with Crippen molar-refractivity contribution in [2.75, 3.05) is 11.4 Å². The number of rotatable bonds is 3. The minimum Gasteiger partial charge on any atom is -0.478 e.